The smallest absolute Gasteiger partial charge is 0.303 e. The Hall–Kier alpha value is -1.84. The molecule has 1 aromatic carbocycles. The van der Waals surface area contributed by atoms with Crippen LogP contribution in [0.25, 0.3) is 0 Å². The quantitative estimate of drug-likeness (QED) is 0.821. The minimum absolute atomic E-state index is 0.245. The van der Waals surface area contributed by atoms with Crippen LogP contribution in [0.1, 0.15) is 49.7 Å². The lowest BCUT2D eigenvalue weighted by Gasteiger charge is -2.30. The Balaban J connectivity index is 1.65. The second-order valence-electron chi connectivity index (χ2n) is 6.43. The average molecular weight is 301 g/mol. The van der Waals surface area contributed by atoms with E-state index in [2.05, 4.69) is 18.2 Å². The van der Waals surface area contributed by atoms with Gasteiger partial charge in [0.2, 0.25) is 5.91 Å². The molecule has 3 rings (SSSR count). The third-order valence-corrected chi connectivity index (χ3v) is 4.56. The molecule has 0 unspecified atom stereocenters. The van der Waals surface area contributed by atoms with E-state index < -0.39 is 5.97 Å². The molecule has 0 radical (unpaired) electrons. The van der Waals surface area contributed by atoms with Crippen molar-refractivity contribution in [1.82, 2.24) is 0 Å². The average Bonchev–Trinajstić information content (AvgIpc) is 3.34. The summed E-state index contributed by atoms with van der Waals surface area (Å²) in [7, 11) is 0. The van der Waals surface area contributed by atoms with E-state index in [1.165, 1.54) is 11.1 Å². The Morgan fingerprint density at radius 2 is 2.05 bits per heavy atom. The first kappa shape index (κ1) is 15.1. The topological polar surface area (TPSA) is 57.6 Å². The van der Waals surface area contributed by atoms with Gasteiger partial charge in [0.15, 0.2) is 0 Å². The van der Waals surface area contributed by atoms with Crippen LogP contribution in [-0.2, 0) is 22.4 Å². The lowest BCUT2D eigenvalue weighted by molar-refractivity contribution is -0.137. The van der Waals surface area contributed by atoms with Crippen LogP contribution < -0.4 is 4.90 Å². The number of aliphatic carboxylic acids is 1. The number of fused-ring (bicyclic) bond motifs is 1. The Morgan fingerprint density at radius 3 is 2.77 bits per heavy atom. The number of carbonyl (C=O) groups excluding carboxylic acids is 1. The van der Waals surface area contributed by atoms with Crippen LogP contribution >= 0.6 is 0 Å². The number of nitrogens with zero attached hydrogens (tertiary/aromatic N) is 1. The molecule has 1 amide bonds. The van der Waals surface area contributed by atoms with Crippen molar-refractivity contribution >= 4 is 17.6 Å². The summed E-state index contributed by atoms with van der Waals surface area (Å²) in [5.74, 6) is -0.156. The summed E-state index contributed by atoms with van der Waals surface area (Å²) in [4.78, 5) is 24.9. The van der Waals surface area contributed by atoms with Crippen molar-refractivity contribution in [3.05, 3.63) is 29.3 Å². The van der Waals surface area contributed by atoms with Crippen molar-refractivity contribution < 1.29 is 14.7 Å². The fraction of sp³-hybridized carbons (Fsp3) is 0.556. The van der Waals surface area contributed by atoms with E-state index in [1.807, 2.05) is 4.90 Å². The molecule has 1 fully saturated rings. The number of aryl methyl sites for hydroxylation is 2. The molecule has 1 heterocycles. The molecular formula is C18H23NO3. The van der Waals surface area contributed by atoms with E-state index >= 15 is 0 Å². The van der Waals surface area contributed by atoms with Gasteiger partial charge >= 0.3 is 5.97 Å². The Morgan fingerprint density at radius 1 is 1.23 bits per heavy atom. The maximum atomic E-state index is 12.4. The van der Waals surface area contributed by atoms with Crippen molar-refractivity contribution in [3.8, 4) is 0 Å². The second-order valence-corrected chi connectivity index (χ2v) is 6.43. The van der Waals surface area contributed by atoms with Crippen molar-refractivity contribution in [2.75, 3.05) is 11.4 Å². The maximum absolute atomic E-state index is 12.4. The van der Waals surface area contributed by atoms with E-state index in [9.17, 15) is 9.59 Å². The van der Waals surface area contributed by atoms with E-state index in [0.717, 1.165) is 57.2 Å². The molecular weight excluding hydrogens is 278 g/mol. The number of unbranched alkanes of at least 4 members (excludes halogenated alkanes) is 1. The zero-order chi connectivity index (χ0) is 15.5. The first-order valence-corrected chi connectivity index (χ1v) is 8.30. The Bertz CT molecular complexity index is 578. The van der Waals surface area contributed by atoms with Gasteiger partial charge < -0.3 is 10.0 Å². The Labute approximate surface area is 131 Å². The van der Waals surface area contributed by atoms with Gasteiger partial charge in [0.05, 0.1) is 0 Å². The highest BCUT2D eigenvalue weighted by atomic mass is 16.4. The molecule has 1 aliphatic carbocycles. The first-order valence-electron chi connectivity index (χ1n) is 8.30. The summed E-state index contributed by atoms with van der Waals surface area (Å²) in [5.41, 5.74) is 3.62. The molecule has 0 aromatic heterocycles. The van der Waals surface area contributed by atoms with Crippen molar-refractivity contribution in [2.24, 2.45) is 5.92 Å². The lowest BCUT2D eigenvalue weighted by Crippen LogP contribution is -2.36. The molecule has 0 spiro atoms. The highest BCUT2D eigenvalue weighted by Crippen LogP contribution is 2.36. The standard InChI is InChI=1S/C18H23NO3/c20-17(21)6-2-1-4-13-7-10-16-15(12-13)5-3-11-19(16)18(22)14-8-9-14/h7,10,12,14H,1-6,8-9,11H2,(H,20,21). The van der Waals surface area contributed by atoms with Crippen LogP contribution in [0, 0.1) is 5.92 Å². The van der Waals surface area contributed by atoms with Gasteiger partial charge in [-0.2, -0.15) is 0 Å². The van der Waals surface area contributed by atoms with Gasteiger partial charge in [0.1, 0.15) is 0 Å². The summed E-state index contributed by atoms with van der Waals surface area (Å²) in [6.45, 7) is 0.848. The van der Waals surface area contributed by atoms with Crippen molar-refractivity contribution in [2.45, 2.75) is 51.4 Å². The van der Waals surface area contributed by atoms with Gasteiger partial charge in [-0.25, -0.2) is 0 Å². The Kier molecular flexibility index (Phi) is 4.46. The molecule has 4 heteroatoms. The molecule has 0 atom stereocenters. The van der Waals surface area contributed by atoms with Gasteiger partial charge in [-0.15, -0.1) is 0 Å². The molecule has 118 valence electrons. The fourth-order valence-electron chi connectivity index (χ4n) is 3.19. The number of anilines is 1. The summed E-state index contributed by atoms with van der Waals surface area (Å²) >= 11 is 0. The molecule has 1 aromatic rings. The minimum Gasteiger partial charge on any atom is -0.481 e. The van der Waals surface area contributed by atoms with Crippen LogP contribution in [-0.4, -0.2) is 23.5 Å². The largest absolute Gasteiger partial charge is 0.481 e. The molecule has 1 saturated carbocycles. The van der Waals surface area contributed by atoms with Gasteiger partial charge in [0.25, 0.3) is 0 Å². The highest BCUT2D eigenvalue weighted by molar-refractivity contribution is 5.97. The lowest BCUT2D eigenvalue weighted by atomic mass is 9.96. The molecule has 4 nitrogen and oxygen atoms in total. The van der Waals surface area contributed by atoms with Crippen molar-refractivity contribution in [3.63, 3.8) is 0 Å². The summed E-state index contributed by atoms with van der Waals surface area (Å²) in [5, 5.41) is 8.66. The predicted molar refractivity (Wildman–Crippen MR) is 85.0 cm³/mol. The molecule has 0 saturated heterocycles. The molecule has 0 bridgehead atoms. The molecule has 22 heavy (non-hydrogen) atoms. The number of hydrogen-bond donors (Lipinski definition) is 1. The van der Waals surface area contributed by atoms with Crippen LogP contribution in [0.5, 0.6) is 0 Å². The monoisotopic (exact) mass is 301 g/mol. The first-order chi connectivity index (χ1) is 10.6. The van der Waals surface area contributed by atoms with E-state index in [1.54, 1.807) is 0 Å². The van der Waals surface area contributed by atoms with Gasteiger partial charge in [-0.3, -0.25) is 9.59 Å². The fourth-order valence-corrected chi connectivity index (χ4v) is 3.19. The van der Waals surface area contributed by atoms with Gasteiger partial charge in [-0.1, -0.05) is 12.1 Å². The number of carbonyl (C=O) groups is 2. The number of rotatable bonds is 6. The SMILES string of the molecule is O=C(O)CCCCc1ccc2c(c1)CCCN2C(=O)C1CC1. The summed E-state index contributed by atoms with van der Waals surface area (Å²) < 4.78 is 0. The van der Waals surface area contributed by atoms with Crippen LogP contribution in [0.2, 0.25) is 0 Å². The van der Waals surface area contributed by atoms with E-state index in [-0.39, 0.29) is 12.3 Å². The molecule has 1 aliphatic heterocycles. The number of hydrogen-bond acceptors (Lipinski definition) is 2. The second kappa shape index (κ2) is 6.51. The summed E-state index contributed by atoms with van der Waals surface area (Å²) in [6.07, 6.45) is 6.94. The number of benzene rings is 1. The zero-order valence-electron chi connectivity index (χ0n) is 12.9. The van der Waals surface area contributed by atoms with E-state index in [0.29, 0.717) is 5.91 Å². The number of amides is 1. The van der Waals surface area contributed by atoms with Gasteiger partial charge in [-0.05, 0) is 62.1 Å². The molecule has 2 aliphatic rings. The number of carboxylic acids is 1. The summed E-state index contributed by atoms with van der Waals surface area (Å²) in [6, 6.07) is 6.39. The third kappa shape index (κ3) is 3.49. The minimum atomic E-state index is -0.723. The predicted octanol–water partition coefficient (Wildman–Crippen LogP) is 3.17. The van der Waals surface area contributed by atoms with Crippen LogP contribution in [0.3, 0.4) is 0 Å². The zero-order valence-corrected chi connectivity index (χ0v) is 12.9. The number of carboxylic acid groups (broad SMARTS) is 1. The van der Waals surface area contributed by atoms with Gasteiger partial charge in [0, 0.05) is 24.6 Å². The van der Waals surface area contributed by atoms with Crippen molar-refractivity contribution in [1.29, 1.82) is 0 Å². The third-order valence-electron chi connectivity index (χ3n) is 4.56. The molecule has 1 N–H and O–H groups in total. The normalized spacial score (nSPS) is 17.2. The van der Waals surface area contributed by atoms with Crippen LogP contribution in [0.15, 0.2) is 18.2 Å². The van der Waals surface area contributed by atoms with Crippen LogP contribution in [0.4, 0.5) is 5.69 Å². The maximum Gasteiger partial charge on any atom is 0.303 e. The van der Waals surface area contributed by atoms with E-state index in [4.69, 9.17) is 5.11 Å². The highest BCUT2D eigenvalue weighted by Gasteiger charge is 2.35.